The van der Waals surface area contributed by atoms with Crippen molar-refractivity contribution in [3.8, 4) is 33.4 Å². The lowest BCUT2D eigenvalue weighted by molar-refractivity contribution is 0.719. The third-order valence-electron chi connectivity index (χ3n) is 12.2. The predicted octanol–water partition coefficient (Wildman–Crippen LogP) is 16.0. The standard InChI is InChI=1S/C57H41N/c1-38-21-34-54-51-17-7-4-13-44(51)37-56(57(54)35-38)42-26-32-47(33-27-42)58(45-28-22-40(23-29-45)49-20-10-14-39-11-2-5-15-48(39)49)46-30-24-41(25-31-46)55-36-43-12-3-6-16-50(43)52-18-8-9-19-53(52)55/h2-34,36-38H,35H2,1H3. The molecule has 0 bridgehead atoms. The van der Waals surface area contributed by atoms with Crippen molar-refractivity contribution in [2.75, 3.05) is 4.90 Å². The fraction of sp³-hybridized carbons (Fsp3) is 0.0526. The molecule has 0 saturated carbocycles. The highest BCUT2D eigenvalue weighted by atomic mass is 15.1. The third kappa shape index (κ3) is 5.87. The first kappa shape index (κ1) is 34.1. The maximum Gasteiger partial charge on any atom is 0.0462 e. The normalized spacial score (nSPS) is 13.6. The molecule has 0 spiro atoms. The Morgan fingerprint density at radius 2 is 0.845 bits per heavy atom. The Hall–Kier alpha value is -7.22. The number of rotatable bonds is 6. The van der Waals surface area contributed by atoms with Crippen LogP contribution in [0.1, 0.15) is 18.1 Å². The summed E-state index contributed by atoms with van der Waals surface area (Å²) in [6.07, 6.45) is 5.75. The molecular weight excluding hydrogens is 699 g/mol. The molecular formula is C57H41N. The molecule has 1 aliphatic rings. The number of hydrogen-bond donors (Lipinski definition) is 0. The number of fused-ring (bicyclic) bond motifs is 7. The van der Waals surface area contributed by atoms with E-state index in [4.69, 9.17) is 0 Å². The molecule has 10 aromatic rings. The Morgan fingerprint density at radius 1 is 0.379 bits per heavy atom. The van der Waals surface area contributed by atoms with Gasteiger partial charge in [0.05, 0.1) is 0 Å². The van der Waals surface area contributed by atoms with Crippen LogP contribution in [0, 0.1) is 5.92 Å². The zero-order chi connectivity index (χ0) is 38.6. The molecule has 0 heterocycles. The van der Waals surface area contributed by atoms with Gasteiger partial charge >= 0.3 is 0 Å². The first-order valence-corrected chi connectivity index (χ1v) is 20.4. The largest absolute Gasteiger partial charge is 0.311 e. The van der Waals surface area contributed by atoms with Crippen molar-refractivity contribution in [1.82, 2.24) is 0 Å². The summed E-state index contributed by atoms with van der Waals surface area (Å²) in [7, 11) is 0. The van der Waals surface area contributed by atoms with Gasteiger partial charge in [0.1, 0.15) is 0 Å². The van der Waals surface area contributed by atoms with Gasteiger partial charge in [0.2, 0.25) is 0 Å². The van der Waals surface area contributed by atoms with Crippen molar-refractivity contribution >= 4 is 66.2 Å². The van der Waals surface area contributed by atoms with Gasteiger partial charge in [0.15, 0.2) is 0 Å². The number of nitrogens with zero attached hydrogens (tertiary/aromatic N) is 1. The maximum atomic E-state index is 2.40. The molecule has 0 aliphatic heterocycles. The summed E-state index contributed by atoms with van der Waals surface area (Å²) in [6, 6.07) is 73.7. The molecule has 1 nitrogen and oxygen atoms in total. The molecule has 0 radical (unpaired) electrons. The van der Waals surface area contributed by atoms with E-state index >= 15 is 0 Å². The van der Waals surface area contributed by atoms with Gasteiger partial charge in [-0.25, -0.2) is 0 Å². The second kappa shape index (κ2) is 14.1. The molecule has 11 rings (SSSR count). The zero-order valence-corrected chi connectivity index (χ0v) is 32.4. The maximum absolute atomic E-state index is 2.40. The van der Waals surface area contributed by atoms with Crippen LogP contribution in [-0.4, -0.2) is 0 Å². The van der Waals surface area contributed by atoms with E-state index in [2.05, 4.69) is 224 Å². The lowest BCUT2D eigenvalue weighted by Gasteiger charge is -2.27. The van der Waals surface area contributed by atoms with Gasteiger partial charge in [-0.3, -0.25) is 0 Å². The molecule has 58 heavy (non-hydrogen) atoms. The molecule has 0 aromatic heterocycles. The van der Waals surface area contributed by atoms with Crippen LogP contribution >= 0.6 is 0 Å². The summed E-state index contributed by atoms with van der Waals surface area (Å²) >= 11 is 0. The molecule has 274 valence electrons. The lowest BCUT2D eigenvalue weighted by Crippen LogP contribution is -2.10. The van der Waals surface area contributed by atoms with Crippen molar-refractivity contribution in [3.05, 3.63) is 217 Å². The zero-order valence-electron chi connectivity index (χ0n) is 32.4. The van der Waals surface area contributed by atoms with E-state index in [0.717, 1.165) is 23.5 Å². The highest BCUT2D eigenvalue weighted by Gasteiger charge is 2.20. The molecule has 1 heteroatoms. The minimum absolute atomic E-state index is 0.509. The Bertz CT molecular complexity index is 3180. The van der Waals surface area contributed by atoms with Crippen LogP contribution in [-0.2, 0) is 6.42 Å². The topological polar surface area (TPSA) is 3.24 Å². The Kier molecular flexibility index (Phi) is 8.26. The molecule has 0 saturated heterocycles. The van der Waals surface area contributed by atoms with Crippen LogP contribution in [0.5, 0.6) is 0 Å². The van der Waals surface area contributed by atoms with Gasteiger partial charge < -0.3 is 4.90 Å². The van der Waals surface area contributed by atoms with Crippen LogP contribution in [0.4, 0.5) is 17.1 Å². The summed E-state index contributed by atoms with van der Waals surface area (Å²) < 4.78 is 0. The molecule has 1 aliphatic carbocycles. The summed E-state index contributed by atoms with van der Waals surface area (Å²) in [5.41, 5.74) is 13.6. The SMILES string of the molecule is CC1C=Cc2c(c(-c3ccc(N(c4ccc(-c5cccc6ccccc56)cc4)c4ccc(-c5cc6ccccc6c6ccccc56)cc4)cc3)cc3ccccc23)C1. The first-order valence-electron chi connectivity index (χ1n) is 20.4. The van der Waals surface area contributed by atoms with E-state index in [1.54, 1.807) is 0 Å². The number of anilines is 3. The van der Waals surface area contributed by atoms with Gasteiger partial charge in [-0.1, -0.05) is 171 Å². The van der Waals surface area contributed by atoms with Crippen molar-refractivity contribution < 1.29 is 0 Å². The molecule has 0 amide bonds. The molecule has 10 aromatic carbocycles. The van der Waals surface area contributed by atoms with Crippen LogP contribution in [0.2, 0.25) is 0 Å². The Balaban J connectivity index is 1.02. The monoisotopic (exact) mass is 739 g/mol. The summed E-state index contributed by atoms with van der Waals surface area (Å²) in [5.74, 6) is 0.509. The smallest absolute Gasteiger partial charge is 0.0462 e. The molecule has 1 atom stereocenters. The van der Waals surface area contributed by atoms with Gasteiger partial charge in [-0.05, 0) is 148 Å². The van der Waals surface area contributed by atoms with Crippen molar-refractivity contribution in [2.24, 2.45) is 5.92 Å². The highest BCUT2D eigenvalue weighted by Crippen LogP contribution is 2.42. The highest BCUT2D eigenvalue weighted by molar-refractivity contribution is 6.13. The van der Waals surface area contributed by atoms with E-state index < -0.39 is 0 Å². The summed E-state index contributed by atoms with van der Waals surface area (Å²) in [6.45, 7) is 2.32. The minimum Gasteiger partial charge on any atom is -0.311 e. The van der Waals surface area contributed by atoms with Crippen molar-refractivity contribution in [2.45, 2.75) is 13.3 Å². The van der Waals surface area contributed by atoms with Crippen LogP contribution in [0.25, 0.3) is 82.5 Å². The van der Waals surface area contributed by atoms with Gasteiger partial charge in [0, 0.05) is 17.1 Å². The quantitative estimate of drug-likeness (QED) is 0.154. The van der Waals surface area contributed by atoms with E-state index in [1.807, 2.05) is 0 Å². The van der Waals surface area contributed by atoms with Crippen LogP contribution < -0.4 is 4.90 Å². The predicted molar refractivity (Wildman–Crippen MR) is 249 cm³/mol. The van der Waals surface area contributed by atoms with Crippen LogP contribution in [0.15, 0.2) is 206 Å². The third-order valence-corrected chi connectivity index (χ3v) is 12.2. The van der Waals surface area contributed by atoms with E-state index in [1.165, 1.54) is 87.6 Å². The average molecular weight is 740 g/mol. The Labute approximate surface area is 339 Å². The average Bonchev–Trinajstić information content (AvgIpc) is 3.29. The first-order chi connectivity index (χ1) is 28.7. The van der Waals surface area contributed by atoms with Gasteiger partial charge in [-0.15, -0.1) is 0 Å². The summed E-state index contributed by atoms with van der Waals surface area (Å²) in [4.78, 5) is 2.39. The number of benzene rings is 10. The number of hydrogen-bond acceptors (Lipinski definition) is 1. The molecule has 1 unspecified atom stereocenters. The lowest BCUT2D eigenvalue weighted by atomic mass is 9.82. The summed E-state index contributed by atoms with van der Waals surface area (Å²) in [5, 5.41) is 10.2. The minimum atomic E-state index is 0.509. The number of allylic oxidation sites excluding steroid dienone is 1. The van der Waals surface area contributed by atoms with E-state index in [0.29, 0.717) is 5.92 Å². The van der Waals surface area contributed by atoms with Crippen LogP contribution in [0.3, 0.4) is 0 Å². The fourth-order valence-electron chi connectivity index (χ4n) is 9.32. The van der Waals surface area contributed by atoms with E-state index in [9.17, 15) is 0 Å². The van der Waals surface area contributed by atoms with Gasteiger partial charge in [0.25, 0.3) is 0 Å². The van der Waals surface area contributed by atoms with Gasteiger partial charge in [-0.2, -0.15) is 0 Å². The van der Waals surface area contributed by atoms with Crippen molar-refractivity contribution in [3.63, 3.8) is 0 Å². The fourth-order valence-corrected chi connectivity index (χ4v) is 9.32. The van der Waals surface area contributed by atoms with E-state index in [-0.39, 0.29) is 0 Å². The second-order valence-electron chi connectivity index (χ2n) is 15.8. The molecule has 0 N–H and O–H groups in total. The second-order valence-corrected chi connectivity index (χ2v) is 15.8. The Morgan fingerprint density at radius 3 is 1.50 bits per heavy atom. The molecule has 0 fully saturated rings. The van der Waals surface area contributed by atoms with Crippen molar-refractivity contribution in [1.29, 1.82) is 0 Å².